The Morgan fingerprint density at radius 2 is 1.29 bits per heavy atom. The molecule has 0 N–H and O–H groups in total. The normalized spacial score (nSPS) is 12.2. The molecule has 0 unspecified atom stereocenters. The molecule has 0 saturated carbocycles. The summed E-state index contributed by atoms with van der Waals surface area (Å²) in [6, 6.07) is 0. The van der Waals surface area contributed by atoms with Gasteiger partial charge in [-0.2, -0.15) is 0 Å². The molecule has 0 rings (SSSR count). The highest BCUT2D eigenvalue weighted by molar-refractivity contribution is 5.69. The van der Waals surface area contributed by atoms with Crippen molar-refractivity contribution in [3.8, 4) is 0 Å². The lowest BCUT2D eigenvalue weighted by atomic mass is 10.1. The number of rotatable bonds is 10. The summed E-state index contributed by atoms with van der Waals surface area (Å²) in [6.07, 6.45) is 12.5. The second-order valence-electron chi connectivity index (χ2n) is 5.80. The van der Waals surface area contributed by atoms with E-state index in [1.807, 2.05) is 6.92 Å². The predicted molar refractivity (Wildman–Crippen MR) is 91.3 cm³/mol. The van der Waals surface area contributed by atoms with Gasteiger partial charge in [-0.3, -0.25) is 4.79 Å². The Labute approximate surface area is 131 Å². The minimum atomic E-state index is -0.100. The van der Waals surface area contributed by atoms with E-state index >= 15 is 0 Å². The first kappa shape index (κ1) is 19.7. The molecule has 0 spiro atoms. The largest absolute Gasteiger partial charge is 0.466 e. The van der Waals surface area contributed by atoms with Gasteiger partial charge in [-0.1, -0.05) is 34.9 Å². The summed E-state index contributed by atoms with van der Waals surface area (Å²) in [5.41, 5.74) is 4.21. The minimum absolute atomic E-state index is 0.100. The summed E-state index contributed by atoms with van der Waals surface area (Å²) in [5, 5.41) is 0. The third-order valence-corrected chi connectivity index (χ3v) is 3.27. The fourth-order valence-corrected chi connectivity index (χ4v) is 2.01. The molecule has 0 heterocycles. The summed E-state index contributed by atoms with van der Waals surface area (Å²) in [6.45, 7) is 10.9. The molecule has 2 nitrogen and oxygen atoms in total. The van der Waals surface area contributed by atoms with Crippen LogP contribution in [0, 0.1) is 0 Å². The first-order valence-electron chi connectivity index (χ1n) is 8.06. The number of esters is 1. The maximum Gasteiger partial charge on any atom is 0.306 e. The summed E-state index contributed by atoms with van der Waals surface area (Å²) in [4.78, 5) is 11.2. The maximum absolute atomic E-state index is 11.2. The molecule has 120 valence electrons. The Kier molecular flexibility index (Phi) is 11.7. The number of carbonyl (C=O) groups is 1. The highest BCUT2D eigenvalue weighted by Gasteiger charge is 1.99. The van der Waals surface area contributed by atoms with Crippen LogP contribution in [0.1, 0.15) is 73.1 Å². The van der Waals surface area contributed by atoms with Gasteiger partial charge in [0.15, 0.2) is 0 Å². The molecule has 0 aromatic rings. The lowest BCUT2D eigenvalue weighted by Gasteiger charge is -2.02. The molecule has 21 heavy (non-hydrogen) atoms. The van der Waals surface area contributed by atoms with E-state index in [9.17, 15) is 4.79 Å². The standard InChI is InChI=1S/C19H32O2/c1-6-21-19(20)15-9-14-18(5)13-8-12-17(4)11-7-10-16(2)3/h10,12,14H,6-9,11,13,15H2,1-5H3/b17-12+,18-14+. The molecule has 0 bridgehead atoms. The smallest absolute Gasteiger partial charge is 0.306 e. The van der Waals surface area contributed by atoms with Crippen LogP contribution in [0.4, 0.5) is 0 Å². The van der Waals surface area contributed by atoms with Gasteiger partial charge in [0.2, 0.25) is 0 Å². The first-order valence-corrected chi connectivity index (χ1v) is 8.06. The van der Waals surface area contributed by atoms with Crippen LogP contribution >= 0.6 is 0 Å². The van der Waals surface area contributed by atoms with Gasteiger partial charge < -0.3 is 4.74 Å². The van der Waals surface area contributed by atoms with Crippen molar-refractivity contribution in [2.24, 2.45) is 0 Å². The van der Waals surface area contributed by atoms with Crippen molar-refractivity contribution < 1.29 is 9.53 Å². The van der Waals surface area contributed by atoms with Crippen LogP contribution in [-0.2, 0) is 9.53 Å². The monoisotopic (exact) mass is 292 g/mol. The van der Waals surface area contributed by atoms with Crippen LogP contribution in [0.25, 0.3) is 0 Å². The van der Waals surface area contributed by atoms with Gasteiger partial charge in [-0.25, -0.2) is 0 Å². The maximum atomic E-state index is 11.2. The molecule has 0 atom stereocenters. The van der Waals surface area contributed by atoms with E-state index in [4.69, 9.17) is 4.74 Å². The van der Waals surface area contributed by atoms with Gasteiger partial charge in [-0.15, -0.1) is 0 Å². The van der Waals surface area contributed by atoms with Gasteiger partial charge in [0.1, 0.15) is 0 Å². The van der Waals surface area contributed by atoms with Crippen LogP contribution in [0.2, 0.25) is 0 Å². The van der Waals surface area contributed by atoms with Crippen molar-refractivity contribution in [2.75, 3.05) is 6.61 Å². The number of ether oxygens (including phenoxy) is 1. The highest BCUT2D eigenvalue weighted by Crippen LogP contribution is 2.12. The second kappa shape index (κ2) is 12.4. The van der Waals surface area contributed by atoms with Gasteiger partial charge in [0.25, 0.3) is 0 Å². The zero-order valence-electron chi connectivity index (χ0n) is 14.5. The van der Waals surface area contributed by atoms with E-state index < -0.39 is 0 Å². The molecule has 0 aromatic carbocycles. The van der Waals surface area contributed by atoms with E-state index in [1.54, 1.807) is 0 Å². The molecule has 0 aliphatic carbocycles. The lowest BCUT2D eigenvalue weighted by Crippen LogP contribution is -2.02. The highest BCUT2D eigenvalue weighted by atomic mass is 16.5. The zero-order valence-corrected chi connectivity index (χ0v) is 14.5. The van der Waals surface area contributed by atoms with E-state index in [0.717, 1.165) is 32.1 Å². The van der Waals surface area contributed by atoms with Crippen molar-refractivity contribution in [3.05, 3.63) is 34.9 Å². The van der Waals surface area contributed by atoms with Crippen LogP contribution in [-0.4, -0.2) is 12.6 Å². The van der Waals surface area contributed by atoms with Crippen molar-refractivity contribution in [3.63, 3.8) is 0 Å². The number of allylic oxidation sites excluding steroid dienone is 6. The Hall–Kier alpha value is -1.31. The van der Waals surface area contributed by atoms with E-state index in [-0.39, 0.29) is 5.97 Å². The predicted octanol–water partition coefficient (Wildman–Crippen LogP) is 5.75. The fourth-order valence-electron chi connectivity index (χ4n) is 2.01. The zero-order chi connectivity index (χ0) is 16.1. The molecule has 0 amide bonds. The first-order chi connectivity index (χ1) is 9.95. The van der Waals surface area contributed by atoms with Crippen LogP contribution in [0.3, 0.4) is 0 Å². The summed E-state index contributed by atoms with van der Waals surface area (Å²) in [7, 11) is 0. The second-order valence-corrected chi connectivity index (χ2v) is 5.80. The number of carbonyl (C=O) groups excluding carboxylic acids is 1. The van der Waals surface area contributed by atoms with Crippen LogP contribution < -0.4 is 0 Å². The Balaban J connectivity index is 3.88. The van der Waals surface area contributed by atoms with Gasteiger partial charge in [0, 0.05) is 6.42 Å². The van der Waals surface area contributed by atoms with Crippen LogP contribution in [0.15, 0.2) is 34.9 Å². The molecule has 0 aliphatic rings. The quantitative estimate of drug-likeness (QED) is 0.378. The molecule has 0 radical (unpaired) electrons. The molecule has 0 aliphatic heterocycles. The Bertz CT molecular complexity index is 382. The Morgan fingerprint density at radius 1 is 0.810 bits per heavy atom. The molecular weight excluding hydrogens is 260 g/mol. The van der Waals surface area contributed by atoms with Crippen molar-refractivity contribution in [1.29, 1.82) is 0 Å². The third-order valence-electron chi connectivity index (χ3n) is 3.27. The van der Waals surface area contributed by atoms with E-state index in [0.29, 0.717) is 13.0 Å². The van der Waals surface area contributed by atoms with Crippen molar-refractivity contribution in [1.82, 2.24) is 0 Å². The van der Waals surface area contributed by atoms with Crippen LogP contribution in [0.5, 0.6) is 0 Å². The van der Waals surface area contributed by atoms with E-state index in [1.165, 1.54) is 16.7 Å². The van der Waals surface area contributed by atoms with E-state index in [2.05, 4.69) is 45.9 Å². The summed E-state index contributed by atoms with van der Waals surface area (Å²) in [5.74, 6) is -0.100. The topological polar surface area (TPSA) is 26.3 Å². The number of hydrogen-bond acceptors (Lipinski definition) is 2. The SMILES string of the molecule is CCOC(=O)CC/C=C(\C)CC/C=C(\C)CCC=C(C)C. The average Bonchev–Trinajstić information content (AvgIpc) is 2.38. The Morgan fingerprint density at radius 3 is 1.76 bits per heavy atom. The molecule has 0 aromatic heterocycles. The average molecular weight is 292 g/mol. The summed E-state index contributed by atoms with van der Waals surface area (Å²) >= 11 is 0. The molecular formula is C19H32O2. The van der Waals surface area contributed by atoms with Crippen molar-refractivity contribution >= 4 is 5.97 Å². The van der Waals surface area contributed by atoms with Gasteiger partial charge in [-0.05, 0) is 66.7 Å². The minimum Gasteiger partial charge on any atom is -0.466 e. The third kappa shape index (κ3) is 13.4. The molecule has 2 heteroatoms. The molecule has 0 saturated heterocycles. The molecule has 0 fully saturated rings. The fraction of sp³-hybridized carbons (Fsp3) is 0.632. The summed E-state index contributed by atoms with van der Waals surface area (Å²) < 4.78 is 4.91. The lowest BCUT2D eigenvalue weighted by molar-refractivity contribution is -0.142. The van der Waals surface area contributed by atoms with Gasteiger partial charge in [0.05, 0.1) is 6.61 Å². The van der Waals surface area contributed by atoms with Crippen molar-refractivity contribution in [2.45, 2.75) is 73.1 Å². The number of hydrogen-bond donors (Lipinski definition) is 0. The van der Waals surface area contributed by atoms with Gasteiger partial charge >= 0.3 is 5.97 Å².